The zero-order valence-electron chi connectivity index (χ0n) is 10.9. The summed E-state index contributed by atoms with van der Waals surface area (Å²) in [4.78, 5) is 19.5. The van der Waals surface area contributed by atoms with E-state index in [4.69, 9.17) is 5.73 Å². The van der Waals surface area contributed by atoms with Crippen molar-refractivity contribution in [3.05, 3.63) is 42.7 Å². The number of carbonyl (C=O) groups excluding carboxylic acids is 1. The van der Waals surface area contributed by atoms with E-state index in [1.54, 1.807) is 37.5 Å². The Labute approximate surface area is 123 Å². The predicted octanol–water partition coefficient (Wildman–Crippen LogP) is 1.93. The number of nitrogens with one attached hydrogen (secondary N) is 2. The highest BCUT2D eigenvalue weighted by molar-refractivity contribution is 5.94. The Kier molecular flexibility index (Phi) is 5.89. The van der Waals surface area contributed by atoms with Gasteiger partial charge in [-0.05, 0) is 37.3 Å². The van der Waals surface area contributed by atoms with E-state index in [0.717, 1.165) is 5.69 Å². The van der Waals surface area contributed by atoms with Crippen molar-refractivity contribution in [2.24, 2.45) is 5.73 Å². The number of aromatic nitrogens is 2. The lowest BCUT2D eigenvalue weighted by molar-refractivity contribution is -0.117. The van der Waals surface area contributed by atoms with E-state index in [9.17, 15) is 4.79 Å². The Morgan fingerprint density at radius 3 is 2.25 bits per heavy atom. The van der Waals surface area contributed by atoms with Crippen molar-refractivity contribution < 1.29 is 4.79 Å². The first-order valence-electron chi connectivity index (χ1n) is 5.86. The number of rotatable bonds is 4. The first kappa shape index (κ1) is 15.9. The van der Waals surface area contributed by atoms with Gasteiger partial charge in [-0.2, -0.15) is 0 Å². The largest absolute Gasteiger partial charge is 0.325 e. The molecule has 0 radical (unpaired) electrons. The number of nitrogens with two attached hydrogens (primary N) is 1. The van der Waals surface area contributed by atoms with Gasteiger partial charge in [-0.15, -0.1) is 12.4 Å². The van der Waals surface area contributed by atoms with Crippen molar-refractivity contribution in [1.29, 1.82) is 0 Å². The van der Waals surface area contributed by atoms with Gasteiger partial charge < -0.3 is 16.4 Å². The molecule has 1 unspecified atom stereocenters. The lowest BCUT2D eigenvalue weighted by Gasteiger charge is -2.09. The summed E-state index contributed by atoms with van der Waals surface area (Å²) < 4.78 is 0. The molecule has 1 aromatic carbocycles. The maximum absolute atomic E-state index is 11.4. The molecule has 2 aromatic rings. The lowest BCUT2D eigenvalue weighted by atomic mass is 10.2. The average molecular weight is 294 g/mol. The van der Waals surface area contributed by atoms with Crippen LogP contribution in [0, 0.1) is 0 Å². The van der Waals surface area contributed by atoms with Crippen LogP contribution < -0.4 is 16.4 Å². The first-order chi connectivity index (χ1) is 9.15. The Morgan fingerprint density at radius 2 is 1.70 bits per heavy atom. The number of carbonyl (C=O) groups is 1. The van der Waals surface area contributed by atoms with Crippen LogP contribution in [0.2, 0.25) is 0 Å². The van der Waals surface area contributed by atoms with Gasteiger partial charge in [0.05, 0.1) is 6.04 Å². The topological polar surface area (TPSA) is 92.9 Å². The molecule has 0 aliphatic rings. The van der Waals surface area contributed by atoms with Gasteiger partial charge in [0, 0.05) is 23.8 Å². The van der Waals surface area contributed by atoms with Crippen molar-refractivity contribution in [2.75, 3.05) is 10.6 Å². The van der Waals surface area contributed by atoms with E-state index in [0.29, 0.717) is 11.6 Å². The molecule has 20 heavy (non-hydrogen) atoms. The van der Waals surface area contributed by atoms with Gasteiger partial charge in [-0.25, -0.2) is 9.97 Å². The molecule has 0 saturated carbocycles. The fourth-order valence-corrected chi connectivity index (χ4v) is 1.39. The number of nitrogens with zero attached hydrogens (tertiary/aromatic N) is 2. The normalized spacial score (nSPS) is 11.1. The van der Waals surface area contributed by atoms with Crippen LogP contribution in [0.25, 0.3) is 0 Å². The standard InChI is InChI=1S/C13H15N5O.ClH/c1-9(14)12(19)17-10-3-5-11(6-4-10)18-13-15-7-2-8-16-13;/h2-9H,14H2,1H3,(H,17,19)(H,15,16,18);1H. The quantitative estimate of drug-likeness (QED) is 0.801. The van der Waals surface area contributed by atoms with Gasteiger partial charge in [0.15, 0.2) is 0 Å². The Morgan fingerprint density at radius 1 is 1.15 bits per heavy atom. The minimum Gasteiger partial charge on any atom is -0.325 e. The summed E-state index contributed by atoms with van der Waals surface area (Å²) in [5, 5.41) is 5.76. The molecule has 7 heteroatoms. The molecular weight excluding hydrogens is 278 g/mol. The van der Waals surface area contributed by atoms with Crippen LogP contribution in [0.15, 0.2) is 42.7 Å². The van der Waals surface area contributed by atoms with Crippen molar-refractivity contribution in [1.82, 2.24) is 9.97 Å². The Hall–Kier alpha value is -2.18. The van der Waals surface area contributed by atoms with E-state index >= 15 is 0 Å². The van der Waals surface area contributed by atoms with Crippen LogP contribution in [-0.4, -0.2) is 21.9 Å². The number of hydrogen-bond acceptors (Lipinski definition) is 5. The summed E-state index contributed by atoms with van der Waals surface area (Å²) in [7, 11) is 0. The zero-order chi connectivity index (χ0) is 13.7. The van der Waals surface area contributed by atoms with Crippen LogP contribution in [0.4, 0.5) is 17.3 Å². The third kappa shape index (κ3) is 4.49. The SMILES string of the molecule is CC(N)C(=O)Nc1ccc(Nc2ncccn2)cc1.Cl. The van der Waals surface area contributed by atoms with Gasteiger partial charge in [-0.3, -0.25) is 4.79 Å². The van der Waals surface area contributed by atoms with E-state index in [-0.39, 0.29) is 18.3 Å². The molecule has 0 bridgehead atoms. The summed E-state index contributed by atoms with van der Waals surface area (Å²) in [6, 6.07) is 8.44. The molecule has 1 amide bonds. The number of anilines is 3. The van der Waals surface area contributed by atoms with E-state index in [1.165, 1.54) is 0 Å². The summed E-state index contributed by atoms with van der Waals surface area (Å²) in [5.74, 6) is 0.307. The summed E-state index contributed by atoms with van der Waals surface area (Å²) >= 11 is 0. The van der Waals surface area contributed by atoms with E-state index in [2.05, 4.69) is 20.6 Å². The van der Waals surface area contributed by atoms with Gasteiger partial charge >= 0.3 is 0 Å². The second-order valence-electron chi connectivity index (χ2n) is 4.05. The van der Waals surface area contributed by atoms with Crippen molar-refractivity contribution in [2.45, 2.75) is 13.0 Å². The van der Waals surface area contributed by atoms with Crippen LogP contribution in [-0.2, 0) is 4.79 Å². The monoisotopic (exact) mass is 293 g/mol. The van der Waals surface area contributed by atoms with Crippen molar-refractivity contribution >= 4 is 35.6 Å². The van der Waals surface area contributed by atoms with Gasteiger partial charge in [0.2, 0.25) is 11.9 Å². The van der Waals surface area contributed by atoms with Gasteiger partial charge in [0.25, 0.3) is 0 Å². The highest BCUT2D eigenvalue weighted by Crippen LogP contribution is 2.16. The highest BCUT2D eigenvalue weighted by atomic mass is 35.5. The van der Waals surface area contributed by atoms with Gasteiger partial charge in [0.1, 0.15) is 0 Å². The minimum atomic E-state index is -0.532. The molecule has 0 aliphatic carbocycles. The minimum absolute atomic E-state index is 0. The molecule has 0 saturated heterocycles. The fourth-order valence-electron chi connectivity index (χ4n) is 1.39. The van der Waals surface area contributed by atoms with Crippen LogP contribution in [0.3, 0.4) is 0 Å². The molecule has 1 atom stereocenters. The van der Waals surface area contributed by atoms with Crippen molar-refractivity contribution in [3.8, 4) is 0 Å². The third-order valence-electron chi connectivity index (χ3n) is 2.39. The smallest absolute Gasteiger partial charge is 0.240 e. The number of amides is 1. The maximum atomic E-state index is 11.4. The maximum Gasteiger partial charge on any atom is 0.240 e. The predicted molar refractivity (Wildman–Crippen MR) is 81.3 cm³/mol. The zero-order valence-corrected chi connectivity index (χ0v) is 11.7. The molecule has 0 fully saturated rings. The summed E-state index contributed by atoms with van der Waals surface area (Å²) in [5.41, 5.74) is 7.01. The number of halogens is 1. The van der Waals surface area contributed by atoms with Crippen LogP contribution in [0.5, 0.6) is 0 Å². The number of benzene rings is 1. The fraction of sp³-hybridized carbons (Fsp3) is 0.154. The van der Waals surface area contributed by atoms with Gasteiger partial charge in [-0.1, -0.05) is 0 Å². The second kappa shape index (κ2) is 7.42. The lowest BCUT2D eigenvalue weighted by Crippen LogP contribution is -2.32. The molecule has 4 N–H and O–H groups in total. The van der Waals surface area contributed by atoms with E-state index < -0.39 is 6.04 Å². The molecular formula is C13H16ClN5O. The summed E-state index contributed by atoms with van der Waals surface area (Å²) in [6.45, 7) is 1.64. The first-order valence-corrected chi connectivity index (χ1v) is 5.86. The molecule has 1 aromatic heterocycles. The number of hydrogen-bond donors (Lipinski definition) is 3. The molecule has 2 rings (SSSR count). The molecule has 106 valence electrons. The molecule has 1 heterocycles. The molecule has 6 nitrogen and oxygen atoms in total. The second-order valence-corrected chi connectivity index (χ2v) is 4.05. The van der Waals surface area contributed by atoms with Crippen LogP contribution >= 0.6 is 12.4 Å². The molecule has 0 spiro atoms. The highest BCUT2D eigenvalue weighted by Gasteiger charge is 2.07. The van der Waals surface area contributed by atoms with Crippen molar-refractivity contribution in [3.63, 3.8) is 0 Å². The Bertz CT molecular complexity index is 544. The molecule has 0 aliphatic heterocycles. The Balaban J connectivity index is 0.00000200. The van der Waals surface area contributed by atoms with E-state index in [1.807, 2.05) is 12.1 Å². The summed E-state index contributed by atoms with van der Waals surface area (Å²) in [6.07, 6.45) is 3.32. The average Bonchev–Trinajstić information content (AvgIpc) is 2.42. The third-order valence-corrected chi connectivity index (χ3v) is 2.39. The van der Waals surface area contributed by atoms with Crippen LogP contribution in [0.1, 0.15) is 6.92 Å².